The molecule has 0 amide bonds. The smallest absolute Gasteiger partial charge is 0.0469 e. The van der Waals surface area contributed by atoms with E-state index in [1.807, 2.05) is 0 Å². The lowest BCUT2D eigenvalue weighted by atomic mass is 9.85. The molecular weight excluding hydrogens is 236 g/mol. The molecule has 1 N–H and O–H groups in total. The lowest BCUT2D eigenvalue weighted by molar-refractivity contribution is 0.0213. The highest BCUT2D eigenvalue weighted by atomic mass is 16.5. The lowest BCUT2D eigenvalue weighted by Crippen LogP contribution is -2.47. The molecule has 0 saturated carbocycles. The minimum atomic E-state index is 0.576. The summed E-state index contributed by atoms with van der Waals surface area (Å²) in [6.45, 7) is 6.42. The van der Waals surface area contributed by atoms with E-state index in [1.165, 1.54) is 18.4 Å². The normalized spacial score (nSPS) is 24.2. The largest absolute Gasteiger partial charge is 0.381 e. The quantitative estimate of drug-likeness (QED) is 0.900. The van der Waals surface area contributed by atoms with Crippen LogP contribution in [-0.4, -0.2) is 44.3 Å². The van der Waals surface area contributed by atoms with Crippen molar-refractivity contribution in [3.8, 4) is 0 Å². The van der Waals surface area contributed by atoms with Crippen LogP contribution in [0.1, 0.15) is 24.4 Å². The SMILES string of the molecule is c1ccc(C(C2CCOCC2)N2CCNCC2)cc1. The first-order chi connectivity index (χ1) is 9.45. The maximum Gasteiger partial charge on any atom is 0.0469 e. The van der Waals surface area contributed by atoms with Gasteiger partial charge in [-0.1, -0.05) is 30.3 Å². The number of nitrogens with zero attached hydrogens (tertiary/aromatic N) is 1. The summed E-state index contributed by atoms with van der Waals surface area (Å²) in [4.78, 5) is 2.67. The fourth-order valence-corrected chi connectivity index (χ4v) is 3.42. The zero-order chi connectivity index (χ0) is 12.9. The van der Waals surface area contributed by atoms with Crippen LogP contribution in [0, 0.1) is 5.92 Å². The monoisotopic (exact) mass is 260 g/mol. The highest BCUT2D eigenvalue weighted by molar-refractivity contribution is 5.20. The van der Waals surface area contributed by atoms with E-state index < -0.39 is 0 Å². The maximum absolute atomic E-state index is 5.54. The Morgan fingerprint density at radius 1 is 1.05 bits per heavy atom. The summed E-state index contributed by atoms with van der Waals surface area (Å²) in [6.07, 6.45) is 2.40. The summed E-state index contributed by atoms with van der Waals surface area (Å²) >= 11 is 0. The Hall–Kier alpha value is -0.900. The summed E-state index contributed by atoms with van der Waals surface area (Å²) in [5.41, 5.74) is 1.48. The van der Waals surface area contributed by atoms with Crippen LogP contribution in [0.3, 0.4) is 0 Å². The van der Waals surface area contributed by atoms with E-state index in [2.05, 4.69) is 40.5 Å². The lowest BCUT2D eigenvalue weighted by Gasteiger charge is -2.41. The Balaban J connectivity index is 1.81. The molecule has 3 heteroatoms. The number of benzene rings is 1. The number of hydrogen-bond donors (Lipinski definition) is 1. The number of rotatable bonds is 3. The van der Waals surface area contributed by atoms with Gasteiger partial charge < -0.3 is 10.1 Å². The molecule has 0 radical (unpaired) electrons. The molecule has 2 fully saturated rings. The summed E-state index contributed by atoms with van der Waals surface area (Å²) in [6, 6.07) is 11.6. The Bertz CT molecular complexity index is 352. The molecule has 3 nitrogen and oxygen atoms in total. The molecule has 0 aliphatic carbocycles. The van der Waals surface area contributed by atoms with Crippen molar-refractivity contribution in [1.29, 1.82) is 0 Å². The first-order valence-corrected chi connectivity index (χ1v) is 7.52. The van der Waals surface area contributed by atoms with E-state index in [1.54, 1.807) is 0 Å². The standard InChI is InChI=1S/C16H24N2O/c1-2-4-14(5-3-1)16(15-6-12-19-13-7-15)18-10-8-17-9-11-18/h1-5,15-17H,6-13H2. The first kappa shape index (κ1) is 13.1. The van der Waals surface area contributed by atoms with Crippen LogP contribution in [0.2, 0.25) is 0 Å². The van der Waals surface area contributed by atoms with E-state index >= 15 is 0 Å². The molecule has 1 unspecified atom stereocenters. The minimum absolute atomic E-state index is 0.576. The second-order valence-corrected chi connectivity index (χ2v) is 5.59. The molecule has 3 rings (SSSR count). The van der Waals surface area contributed by atoms with E-state index in [0.29, 0.717) is 6.04 Å². The van der Waals surface area contributed by atoms with Gasteiger partial charge in [0, 0.05) is 45.4 Å². The third kappa shape index (κ3) is 3.16. The van der Waals surface area contributed by atoms with Crippen LogP contribution in [0.15, 0.2) is 30.3 Å². The highest BCUT2D eigenvalue weighted by Gasteiger charge is 2.30. The van der Waals surface area contributed by atoms with Crippen LogP contribution in [0.25, 0.3) is 0 Å². The van der Waals surface area contributed by atoms with Crippen LogP contribution in [-0.2, 0) is 4.74 Å². The van der Waals surface area contributed by atoms with Gasteiger partial charge >= 0.3 is 0 Å². The molecule has 2 aliphatic rings. The van der Waals surface area contributed by atoms with Gasteiger partial charge in [-0.05, 0) is 24.3 Å². The number of piperazine rings is 1. The van der Waals surface area contributed by atoms with Gasteiger partial charge in [-0.15, -0.1) is 0 Å². The minimum Gasteiger partial charge on any atom is -0.381 e. The molecule has 2 saturated heterocycles. The Morgan fingerprint density at radius 2 is 1.74 bits per heavy atom. The van der Waals surface area contributed by atoms with Crippen LogP contribution in [0.4, 0.5) is 0 Å². The van der Waals surface area contributed by atoms with E-state index in [4.69, 9.17) is 4.74 Å². The van der Waals surface area contributed by atoms with Crippen molar-refractivity contribution in [3.05, 3.63) is 35.9 Å². The fraction of sp³-hybridized carbons (Fsp3) is 0.625. The first-order valence-electron chi connectivity index (χ1n) is 7.52. The molecule has 1 aromatic rings. The van der Waals surface area contributed by atoms with E-state index in [0.717, 1.165) is 45.3 Å². The topological polar surface area (TPSA) is 24.5 Å². The summed E-state index contributed by atoms with van der Waals surface area (Å²) in [5, 5.41) is 3.46. The average molecular weight is 260 g/mol. The van der Waals surface area contributed by atoms with Crippen molar-refractivity contribution >= 4 is 0 Å². The Morgan fingerprint density at radius 3 is 2.42 bits per heavy atom. The van der Waals surface area contributed by atoms with Gasteiger partial charge in [-0.2, -0.15) is 0 Å². The van der Waals surface area contributed by atoms with Crippen molar-refractivity contribution in [2.45, 2.75) is 18.9 Å². The molecule has 104 valence electrons. The van der Waals surface area contributed by atoms with Gasteiger partial charge in [0.15, 0.2) is 0 Å². The molecule has 19 heavy (non-hydrogen) atoms. The molecule has 1 atom stereocenters. The summed E-state index contributed by atoms with van der Waals surface area (Å²) in [5.74, 6) is 0.745. The number of hydrogen-bond acceptors (Lipinski definition) is 3. The molecule has 0 bridgehead atoms. The van der Waals surface area contributed by atoms with Gasteiger partial charge in [0.1, 0.15) is 0 Å². The van der Waals surface area contributed by atoms with Crippen molar-refractivity contribution in [2.75, 3.05) is 39.4 Å². The van der Waals surface area contributed by atoms with Gasteiger partial charge in [0.2, 0.25) is 0 Å². The highest BCUT2D eigenvalue weighted by Crippen LogP contribution is 2.35. The van der Waals surface area contributed by atoms with Crippen molar-refractivity contribution in [1.82, 2.24) is 10.2 Å². The van der Waals surface area contributed by atoms with Crippen molar-refractivity contribution in [2.24, 2.45) is 5.92 Å². The molecule has 2 heterocycles. The van der Waals surface area contributed by atoms with E-state index in [-0.39, 0.29) is 0 Å². The molecule has 0 aromatic heterocycles. The number of nitrogens with one attached hydrogen (secondary N) is 1. The van der Waals surface area contributed by atoms with Crippen molar-refractivity contribution in [3.63, 3.8) is 0 Å². The Labute approximate surface area is 115 Å². The zero-order valence-electron chi connectivity index (χ0n) is 11.6. The molecule has 2 aliphatic heterocycles. The summed E-state index contributed by atoms with van der Waals surface area (Å²) < 4.78 is 5.54. The van der Waals surface area contributed by atoms with Gasteiger partial charge in [-0.25, -0.2) is 0 Å². The summed E-state index contributed by atoms with van der Waals surface area (Å²) in [7, 11) is 0. The predicted molar refractivity (Wildman–Crippen MR) is 77.2 cm³/mol. The van der Waals surface area contributed by atoms with Crippen molar-refractivity contribution < 1.29 is 4.74 Å². The fourth-order valence-electron chi connectivity index (χ4n) is 3.42. The third-order valence-corrected chi connectivity index (χ3v) is 4.40. The van der Waals surface area contributed by atoms with Crippen LogP contribution in [0.5, 0.6) is 0 Å². The van der Waals surface area contributed by atoms with E-state index in [9.17, 15) is 0 Å². The average Bonchev–Trinajstić information content (AvgIpc) is 2.51. The van der Waals surface area contributed by atoms with Gasteiger partial charge in [-0.3, -0.25) is 4.90 Å². The van der Waals surface area contributed by atoms with Crippen LogP contribution >= 0.6 is 0 Å². The van der Waals surface area contributed by atoms with Gasteiger partial charge in [0.05, 0.1) is 0 Å². The third-order valence-electron chi connectivity index (χ3n) is 4.40. The van der Waals surface area contributed by atoms with Crippen LogP contribution < -0.4 is 5.32 Å². The Kier molecular flexibility index (Phi) is 4.49. The van der Waals surface area contributed by atoms with Gasteiger partial charge in [0.25, 0.3) is 0 Å². The molecule has 1 aromatic carbocycles. The molecule has 0 spiro atoms. The second kappa shape index (κ2) is 6.51. The molecular formula is C16H24N2O. The predicted octanol–water partition coefficient (Wildman–Crippen LogP) is 2.06. The number of ether oxygens (including phenoxy) is 1. The maximum atomic E-state index is 5.54. The zero-order valence-corrected chi connectivity index (χ0v) is 11.6. The second-order valence-electron chi connectivity index (χ2n) is 5.59.